The summed E-state index contributed by atoms with van der Waals surface area (Å²) in [7, 11) is 2.15. The second-order valence-electron chi connectivity index (χ2n) is 7.71. The van der Waals surface area contributed by atoms with E-state index in [1.54, 1.807) is 20.2 Å². The van der Waals surface area contributed by atoms with E-state index >= 15 is 0 Å². The molecule has 8 nitrogen and oxygen atoms in total. The van der Waals surface area contributed by atoms with Crippen LogP contribution in [0.5, 0.6) is 0 Å². The topological polar surface area (TPSA) is 98.0 Å². The molecule has 0 saturated carbocycles. The van der Waals surface area contributed by atoms with Gasteiger partial charge in [-0.2, -0.15) is 0 Å². The lowest BCUT2D eigenvalue weighted by Gasteiger charge is -2.49. The predicted octanol–water partition coefficient (Wildman–Crippen LogP) is 0.658. The van der Waals surface area contributed by atoms with Gasteiger partial charge in [-0.15, -0.1) is 0 Å². The quantitative estimate of drug-likeness (QED) is 0.809. The van der Waals surface area contributed by atoms with Gasteiger partial charge in [0.1, 0.15) is 5.82 Å². The van der Waals surface area contributed by atoms with Crippen molar-refractivity contribution < 1.29 is 4.79 Å². The second kappa shape index (κ2) is 6.60. The van der Waals surface area contributed by atoms with Gasteiger partial charge in [-0.1, -0.05) is 0 Å². The average molecular weight is 370 g/mol. The minimum atomic E-state index is -0.213. The summed E-state index contributed by atoms with van der Waals surface area (Å²) in [6.45, 7) is 5.87. The van der Waals surface area contributed by atoms with Crippen molar-refractivity contribution in [3.05, 3.63) is 45.2 Å². The highest BCUT2D eigenvalue weighted by Gasteiger charge is 2.45. The lowest BCUT2D eigenvalue weighted by atomic mass is 9.79. The largest absolute Gasteiger partial charge is 0.348 e. The Labute approximate surface area is 158 Å². The zero-order chi connectivity index (χ0) is 19.2. The summed E-state index contributed by atoms with van der Waals surface area (Å²) >= 11 is 0. The number of rotatable bonds is 2. The van der Waals surface area contributed by atoms with Crippen LogP contribution in [0.3, 0.4) is 0 Å². The van der Waals surface area contributed by atoms with Crippen LogP contribution in [0.2, 0.25) is 0 Å². The number of carbonyl (C=O) groups is 1. The van der Waals surface area contributed by atoms with E-state index in [2.05, 4.69) is 31.9 Å². The fourth-order valence-electron chi connectivity index (χ4n) is 4.55. The molecule has 0 radical (unpaired) electrons. The summed E-state index contributed by atoms with van der Waals surface area (Å²) in [4.78, 5) is 44.1. The van der Waals surface area contributed by atoms with Crippen LogP contribution >= 0.6 is 0 Å². The molecule has 144 valence electrons. The lowest BCUT2D eigenvalue weighted by molar-refractivity contribution is -0.133. The fourth-order valence-corrected chi connectivity index (χ4v) is 4.55. The van der Waals surface area contributed by atoms with E-state index in [-0.39, 0.29) is 23.4 Å². The Morgan fingerprint density at radius 2 is 2.00 bits per heavy atom. The maximum atomic E-state index is 12.8. The minimum Gasteiger partial charge on any atom is -0.348 e. The van der Waals surface area contributed by atoms with Crippen LogP contribution in [0.1, 0.15) is 41.3 Å². The molecule has 0 atom stereocenters. The number of piperidine rings is 1. The number of H-pyrrole nitrogens is 2. The first-order valence-corrected chi connectivity index (χ1v) is 9.49. The molecule has 2 aliphatic rings. The lowest BCUT2D eigenvalue weighted by Crippen LogP contribution is -2.56. The molecule has 8 heteroatoms. The van der Waals surface area contributed by atoms with E-state index < -0.39 is 0 Å². The molecule has 1 amide bonds. The molecule has 2 aromatic heterocycles. The number of imidazole rings is 1. The monoisotopic (exact) mass is 370 g/mol. The normalized spacial score (nSPS) is 19.3. The Bertz CT molecular complexity index is 923. The van der Waals surface area contributed by atoms with E-state index in [4.69, 9.17) is 0 Å². The first-order valence-electron chi connectivity index (χ1n) is 9.49. The number of hydrogen-bond acceptors (Lipinski definition) is 5. The zero-order valence-corrected chi connectivity index (χ0v) is 16.1. The predicted molar refractivity (Wildman–Crippen MR) is 100 cm³/mol. The van der Waals surface area contributed by atoms with Crippen molar-refractivity contribution in [1.29, 1.82) is 0 Å². The van der Waals surface area contributed by atoms with Gasteiger partial charge < -0.3 is 14.9 Å². The molecule has 4 rings (SSSR count). The number of amides is 1. The van der Waals surface area contributed by atoms with Gasteiger partial charge in [-0.25, -0.2) is 9.97 Å². The standard InChI is InChI=1S/C19H26N6O2/c1-12-14(18(27)23-13(2)22-12)10-16(26)25-8-5-19(6-9-25)17-15(20-11-21-17)4-7-24(19)3/h11H,4-10H2,1-3H3,(H,20,21)(H,22,23,27). The third kappa shape index (κ3) is 2.97. The first kappa shape index (κ1) is 17.9. The Balaban J connectivity index is 1.49. The molecule has 1 spiro atoms. The Kier molecular flexibility index (Phi) is 4.38. The highest BCUT2D eigenvalue weighted by atomic mass is 16.2. The third-order valence-corrected chi connectivity index (χ3v) is 6.20. The molecule has 27 heavy (non-hydrogen) atoms. The van der Waals surface area contributed by atoms with Gasteiger partial charge in [0.2, 0.25) is 5.91 Å². The van der Waals surface area contributed by atoms with E-state index in [0.717, 1.165) is 31.5 Å². The Hall–Kier alpha value is -2.48. The van der Waals surface area contributed by atoms with Gasteiger partial charge in [0, 0.05) is 43.0 Å². The number of aromatic amines is 2. The molecule has 1 saturated heterocycles. The maximum absolute atomic E-state index is 12.8. The second-order valence-corrected chi connectivity index (χ2v) is 7.71. The van der Waals surface area contributed by atoms with Crippen molar-refractivity contribution in [1.82, 2.24) is 29.7 Å². The molecule has 2 N–H and O–H groups in total. The van der Waals surface area contributed by atoms with Crippen LogP contribution < -0.4 is 5.56 Å². The van der Waals surface area contributed by atoms with Crippen molar-refractivity contribution >= 4 is 5.91 Å². The summed E-state index contributed by atoms with van der Waals surface area (Å²) < 4.78 is 0. The molecule has 0 unspecified atom stereocenters. The van der Waals surface area contributed by atoms with Crippen LogP contribution in [0.15, 0.2) is 11.1 Å². The number of aromatic nitrogens is 4. The highest BCUT2D eigenvalue weighted by Crippen LogP contribution is 2.41. The van der Waals surface area contributed by atoms with Crippen LogP contribution in [-0.4, -0.2) is 62.3 Å². The van der Waals surface area contributed by atoms with Crippen molar-refractivity contribution in [3.8, 4) is 0 Å². The molecule has 0 aliphatic carbocycles. The van der Waals surface area contributed by atoms with E-state index in [1.807, 2.05) is 4.90 Å². The number of carbonyl (C=O) groups excluding carboxylic acids is 1. The molecule has 0 aromatic carbocycles. The summed E-state index contributed by atoms with van der Waals surface area (Å²) in [5.74, 6) is 0.563. The Morgan fingerprint density at radius 1 is 1.26 bits per heavy atom. The zero-order valence-electron chi connectivity index (χ0n) is 16.1. The van der Waals surface area contributed by atoms with Gasteiger partial charge in [-0.05, 0) is 33.7 Å². The molecule has 4 heterocycles. The van der Waals surface area contributed by atoms with Crippen LogP contribution in [0.25, 0.3) is 0 Å². The van der Waals surface area contributed by atoms with E-state index in [0.29, 0.717) is 30.2 Å². The van der Waals surface area contributed by atoms with Crippen molar-refractivity contribution in [2.45, 2.75) is 45.1 Å². The molecule has 1 fully saturated rings. The van der Waals surface area contributed by atoms with Crippen molar-refractivity contribution in [2.24, 2.45) is 0 Å². The number of hydrogen-bond donors (Lipinski definition) is 2. The molecule has 2 aromatic rings. The molecular formula is C19H26N6O2. The van der Waals surface area contributed by atoms with Crippen LogP contribution in [0.4, 0.5) is 0 Å². The number of aryl methyl sites for hydroxylation is 2. The van der Waals surface area contributed by atoms with Crippen LogP contribution in [-0.2, 0) is 23.2 Å². The maximum Gasteiger partial charge on any atom is 0.254 e. The smallest absolute Gasteiger partial charge is 0.254 e. The Morgan fingerprint density at radius 3 is 2.70 bits per heavy atom. The van der Waals surface area contributed by atoms with E-state index in [9.17, 15) is 9.59 Å². The first-order chi connectivity index (χ1) is 12.9. The number of nitrogens with one attached hydrogen (secondary N) is 2. The molecular weight excluding hydrogens is 344 g/mol. The van der Waals surface area contributed by atoms with E-state index in [1.165, 1.54) is 5.69 Å². The number of likely N-dealkylation sites (tertiary alicyclic amines) is 1. The summed E-state index contributed by atoms with van der Waals surface area (Å²) in [6, 6.07) is 0. The number of fused-ring (bicyclic) bond motifs is 2. The SMILES string of the molecule is Cc1nc(C)c(CC(=O)N2CCC3(CC2)c2nc[nH]c2CCN3C)c(=O)[nH]1. The summed E-state index contributed by atoms with van der Waals surface area (Å²) in [6.07, 6.45) is 4.58. The van der Waals surface area contributed by atoms with Gasteiger partial charge in [0.05, 0.1) is 24.0 Å². The molecule has 0 bridgehead atoms. The number of likely N-dealkylation sites (N-methyl/N-ethyl adjacent to an activating group) is 1. The van der Waals surface area contributed by atoms with Crippen LogP contribution in [0, 0.1) is 13.8 Å². The van der Waals surface area contributed by atoms with Gasteiger partial charge in [0.15, 0.2) is 0 Å². The minimum absolute atomic E-state index is 0.00943. The average Bonchev–Trinajstić information content (AvgIpc) is 3.12. The number of nitrogens with zero attached hydrogens (tertiary/aromatic N) is 4. The van der Waals surface area contributed by atoms with Gasteiger partial charge in [0.25, 0.3) is 5.56 Å². The highest BCUT2D eigenvalue weighted by molar-refractivity contribution is 5.79. The molecule has 2 aliphatic heterocycles. The fraction of sp³-hybridized carbons (Fsp3) is 0.579. The van der Waals surface area contributed by atoms with Gasteiger partial charge >= 0.3 is 0 Å². The summed E-state index contributed by atoms with van der Waals surface area (Å²) in [5, 5.41) is 0. The van der Waals surface area contributed by atoms with Crippen molar-refractivity contribution in [3.63, 3.8) is 0 Å². The van der Waals surface area contributed by atoms with Gasteiger partial charge in [-0.3, -0.25) is 14.5 Å². The third-order valence-electron chi connectivity index (χ3n) is 6.20. The van der Waals surface area contributed by atoms with Crippen molar-refractivity contribution in [2.75, 3.05) is 26.7 Å². The summed E-state index contributed by atoms with van der Waals surface area (Å²) in [5.41, 5.74) is 3.15.